The highest BCUT2D eigenvalue weighted by molar-refractivity contribution is 7.44. The number of aromatic amines is 2. The molecule has 27 heteroatoms. The summed E-state index contributed by atoms with van der Waals surface area (Å²) in [6.45, 7) is 36.5. The molecule has 1 amide bonds. The van der Waals surface area contributed by atoms with E-state index >= 15 is 0 Å². The number of nitrogens with one attached hydrogen (secondary N) is 3. The van der Waals surface area contributed by atoms with E-state index in [0.29, 0.717) is 5.56 Å². The molecule has 0 aromatic carbocycles. The third kappa shape index (κ3) is 14.0. The topological polar surface area (TPSA) is 277 Å². The minimum Gasteiger partial charge on any atom is -0.400 e. The molecule has 3 aromatic rings. The quantitative estimate of drug-likeness (QED) is 0.0593. The predicted molar refractivity (Wildman–Crippen MR) is 273 cm³/mol. The summed E-state index contributed by atoms with van der Waals surface area (Å²) < 4.78 is 84.9. The van der Waals surface area contributed by atoms with E-state index in [-0.39, 0.29) is 106 Å². The molecule has 0 spiro atoms. The molecule has 0 saturated carbocycles. The summed E-state index contributed by atoms with van der Waals surface area (Å²) in [6.07, 6.45) is -1.34. The van der Waals surface area contributed by atoms with Crippen LogP contribution in [0.25, 0.3) is 20.9 Å². The fourth-order valence-corrected chi connectivity index (χ4v) is 12.0. The SMILES string of the molecule is [2H]C[C@@]12CO[C@@H]([C@H](n3cc(C)c(=O)[nH]c3=O)O1)[C@@H]2OP(OCC[N+]#[C-])N(C(C)C)C(C)C.[2H]C[C@@]12CO[C@@H]([C@H](n3cnc4c(=O)[nH]c(NC(=O)C(C)C)nc43)O1)[C@@H]2OP(OCC[N+]#[C-])N(C(C)C)C(C)C.[3H]OC.[3H]OC. The van der Waals surface area contributed by atoms with Crippen LogP contribution in [-0.4, -0.2) is 171 Å². The van der Waals surface area contributed by atoms with Gasteiger partial charge in [0.15, 0.2) is 23.6 Å². The number of rotatable bonds is 20. The van der Waals surface area contributed by atoms with Crippen molar-refractivity contribution in [1.29, 1.82) is 2.86 Å². The number of imidazole rings is 1. The van der Waals surface area contributed by atoms with E-state index in [1.165, 1.54) is 31.3 Å². The fraction of sp³-hybridized carbons (Fsp3) is 0.739. The Bertz CT molecular complexity index is 2620. The number of aryl methyl sites for hydroxylation is 1. The van der Waals surface area contributed by atoms with Crippen LogP contribution in [0.15, 0.2) is 26.9 Å². The first kappa shape index (κ1) is 55.1. The molecule has 408 valence electrons. The maximum atomic E-state index is 12.7. The van der Waals surface area contributed by atoms with Crippen LogP contribution in [0.2, 0.25) is 0 Å². The zero-order valence-electron chi connectivity index (χ0n) is 47.9. The Kier molecular flexibility index (Phi) is 20.4. The number of carbonyl (C=O) groups excluding carboxylic acids is 1. The number of nitrogens with zero attached hydrogens (tertiary/aromatic N) is 8. The average Bonchev–Trinajstić information content (AvgIpc) is 4.17. The number of fused-ring (bicyclic) bond motifs is 5. The fourth-order valence-electron chi connectivity index (χ4n) is 8.42. The van der Waals surface area contributed by atoms with Crippen LogP contribution in [-0.2, 0) is 41.8 Å². The highest BCUT2D eigenvalue weighted by Crippen LogP contribution is 2.56. The molecule has 2 unspecified atom stereocenters. The van der Waals surface area contributed by atoms with Gasteiger partial charge in [-0.2, -0.15) is 4.98 Å². The zero-order chi connectivity index (χ0) is 57.5. The summed E-state index contributed by atoms with van der Waals surface area (Å²) in [5.41, 5.74) is -3.07. The number of anilines is 1. The third-order valence-electron chi connectivity index (χ3n) is 11.6. The molecule has 25 nitrogen and oxygen atoms in total. The molecule has 4 bridgehead atoms. The van der Waals surface area contributed by atoms with Gasteiger partial charge in [-0.05, 0) is 76.1 Å². The molecule has 3 aromatic heterocycles. The third-order valence-corrected chi connectivity index (χ3v) is 15.8. The van der Waals surface area contributed by atoms with Crippen molar-refractivity contribution in [1.82, 2.24) is 38.4 Å². The van der Waals surface area contributed by atoms with Crippen molar-refractivity contribution >= 4 is 40.1 Å². The van der Waals surface area contributed by atoms with Gasteiger partial charge in [0.1, 0.15) is 48.8 Å². The van der Waals surface area contributed by atoms with Crippen LogP contribution in [0.3, 0.4) is 0 Å². The number of H-pyrrole nitrogens is 2. The minimum absolute atomic E-state index is 0.00117. The van der Waals surface area contributed by atoms with Crippen LogP contribution in [0.1, 0.15) is 104 Å². The van der Waals surface area contributed by atoms with Crippen LogP contribution >= 0.6 is 17.1 Å². The first-order valence-corrected chi connectivity index (χ1v) is 25.9. The number of carbonyl (C=O) groups is 1. The predicted octanol–water partition coefficient (Wildman–Crippen LogP) is 4.48. The molecule has 0 radical (unpaired) electrons. The number of ether oxygens (including phenoxy) is 4. The second kappa shape index (κ2) is 27.1. The van der Waals surface area contributed by atoms with E-state index in [2.05, 4.69) is 54.5 Å². The Hall–Kier alpha value is -4.14. The summed E-state index contributed by atoms with van der Waals surface area (Å²) >= 11 is 0. The maximum absolute atomic E-state index is 12.7. The summed E-state index contributed by atoms with van der Waals surface area (Å²) in [4.78, 5) is 69.4. The summed E-state index contributed by atoms with van der Waals surface area (Å²) in [5, 5.41) is 9.61. The Labute approximate surface area is 434 Å². The average molecular weight is 1070 g/mol. The standard InChI is InChI=1S/C24H36N7O6P.C20H31N4O6P.2CH4O/c1-13(2)20(32)28-23-27-19-16(21(33)29-23)26-12-30(19)22-17-18(24(7,36-22)11-34-17)37-38(35-10-9-25-8)31(14(3)4)15(5)6;1-12(2)24(13(3)4)31(28-9-8-21-7)30-16-15-18(29-20(16,6)11-27-15)23-10-14(5)17(25)22-19(23)26;2*1-2/h12-15,17-18,22H,9-11H2,1-7H3,(H2,27,28,29,32,33);10,12-13,15-16,18H,8-9,11H2,1-6H3,(H,22,25,26);2*2H,1H3/t17-,18+,22-,24+,38?;15-,16+,18-,20+,31?;;/m11../s1/i7D;6D;2*2T. The molecule has 4 aliphatic heterocycles. The van der Waals surface area contributed by atoms with Crippen molar-refractivity contribution in [2.45, 2.75) is 162 Å². The molecule has 73 heavy (non-hydrogen) atoms. The Morgan fingerprint density at radius 1 is 0.863 bits per heavy atom. The summed E-state index contributed by atoms with van der Waals surface area (Å²) in [7, 11) is -0.609. The molecule has 7 rings (SSSR count). The van der Waals surface area contributed by atoms with Crippen molar-refractivity contribution in [2.75, 3.05) is 59.1 Å². The van der Waals surface area contributed by atoms with Gasteiger partial charge in [-0.3, -0.25) is 38.8 Å². The number of hydrogen-bond donors (Lipinski definition) is 5. The Morgan fingerprint density at radius 3 is 1.75 bits per heavy atom. The van der Waals surface area contributed by atoms with Gasteiger partial charge in [0.05, 0.1) is 19.5 Å². The molecule has 10 atom stereocenters. The lowest BCUT2D eigenvalue weighted by molar-refractivity contribution is -0.167. The number of aliphatic hydroxyl groups excluding tert-OH is 2. The molecule has 4 aliphatic rings. The molecule has 7 heterocycles. The van der Waals surface area contributed by atoms with Crippen LogP contribution in [0.5, 0.6) is 0 Å². The Balaban J connectivity index is 0.000000306. The Morgan fingerprint density at radius 2 is 1.33 bits per heavy atom. The van der Waals surface area contributed by atoms with Crippen molar-refractivity contribution in [2.24, 2.45) is 5.92 Å². The van der Waals surface area contributed by atoms with E-state index in [1.807, 2.05) is 55.4 Å². The highest BCUT2D eigenvalue weighted by atomic mass is 31.2. The van der Waals surface area contributed by atoms with Gasteiger partial charge in [-0.1, -0.05) is 13.8 Å². The summed E-state index contributed by atoms with van der Waals surface area (Å²) in [5.74, 6) is -0.603. The van der Waals surface area contributed by atoms with Crippen LogP contribution in [0, 0.1) is 26.0 Å². The number of aliphatic hydroxyl groups is 2. The largest absolute Gasteiger partial charge is 0.400 e. The van der Waals surface area contributed by atoms with Gasteiger partial charge in [-0.15, -0.1) is 0 Å². The zero-order valence-corrected chi connectivity index (χ0v) is 45.6. The van der Waals surface area contributed by atoms with Gasteiger partial charge >= 0.3 is 5.69 Å². The van der Waals surface area contributed by atoms with E-state index in [1.54, 1.807) is 25.3 Å². The first-order chi connectivity index (χ1) is 36.5. The van der Waals surface area contributed by atoms with Gasteiger partial charge < -0.3 is 57.0 Å². The van der Waals surface area contributed by atoms with E-state index < -0.39 is 81.9 Å². The van der Waals surface area contributed by atoms with E-state index in [9.17, 15) is 19.2 Å². The van der Waals surface area contributed by atoms with Crippen LogP contribution in [0.4, 0.5) is 5.95 Å². The van der Waals surface area contributed by atoms with Gasteiger partial charge in [-0.25, -0.2) is 32.3 Å². The summed E-state index contributed by atoms with van der Waals surface area (Å²) in [6, 6.07) is 0.422. The highest BCUT2D eigenvalue weighted by Gasteiger charge is 2.63. The normalized spacial score (nSPS) is 26.4. The van der Waals surface area contributed by atoms with E-state index in [0.717, 1.165) is 0 Å². The number of amides is 1. The lowest BCUT2D eigenvalue weighted by Gasteiger charge is -2.37. The molecule has 4 fully saturated rings. The maximum Gasteiger partial charge on any atom is 0.330 e. The van der Waals surface area contributed by atoms with Crippen molar-refractivity contribution in [3.05, 3.63) is 72.1 Å². The second-order valence-electron chi connectivity index (χ2n) is 18.7. The smallest absolute Gasteiger partial charge is 0.330 e. The first-order valence-electron chi connectivity index (χ1n) is 25.9. The monoisotopic (exact) mass is 1070 g/mol. The minimum atomic E-state index is -1.61. The number of hydrogen-bond acceptors (Lipinski definition) is 18. The van der Waals surface area contributed by atoms with Crippen molar-refractivity contribution < 1.29 is 54.8 Å². The molecular formula is C46H75N11O14P2. The van der Waals surface area contributed by atoms with Crippen molar-refractivity contribution in [3.8, 4) is 0 Å². The second-order valence-corrected chi connectivity index (χ2v) is 21.5. The van der Waals surface area contributed by atoms with Crippen molar-refractivity contribution in [3.63, 3.8) is 0 Å². The van der Waals surface area contributed by atoms with E-state index in [4.69, 9.17) is 55.8 Å². The molecule has 5 N–H and O–H groups in total. The van der Waals surface area contributed by atoms with Gasteiger partial charge in [0, 0.05) is 58.8 Å². The molecular weight excluding hydrogens is 993 g/mol. The lowest BCUT2D eigenvalue weighted by Crippen LogP contribution is -2.41. The lowest BCUT2D eigenvalue weighted by atomic mass is 10.0. The molecule has 4 saturated heterocycles. The number of aromatic nitrogens is 6. The van der Waals surface area contributed by atoms with Gasteiger partial charge in [0.25, 0.3) is 28.2 Å². The van der Waals surface area contributed by atoms with Gasteiger partial charge in [0.2, 0.25) is 27.8 Å². The van der Waals surface area contributed by atoms with Crippen LogP contribution < -0.4 is 22.1 Å². The molecule has 0 aliphatic carbocycles.